The zero-order valence-electron chi connectivity index (χ0n) is 16.3. The average molecular weight is 360 g/mol. The van der Waals surface area contributed by atoms with Crippen molar-refractivity contribution in [1.82, 2.24) is 4.90 Å². The molecule has 0 radical (unpaired) electrons. The number of benzene rings is 1. The van der Waals surface area contributed by atoms with Gasteiger partial charge in [-0.05, 0) is 69.3 Å². The normalized spacial score (nSPS) is 26.2. The van der Waals surface area contributed by atoms with E-state index in [-0.39, 0.29) is 11.5 Å². The first-order chi connectivity index (χ1) is 12.5. The van der Waals surface area contributed by atoms with Gasteiger partial charge in [0.2, 0.25) is 0 Å². The predicted molar refractivity (Wildman–Crippen MR) is 105 cm³/mol. The molecule has 1 spiro atoms. The van der Waals surface area contributed by atoms with Crippen molar-refractivity contribution in [2.45, 2.75) is 58.6 Å². The van der Waals surface area contributed by atoms with Crippen LogP contribution in [0.2, 0.25) is 0 Å². The van der Waals surface area contributed by atoms with Gasteiger partial charge in [-0.2, -0.15) is 0 Å². The van der Waals surface area contributed by atoms with Crippen LogP contribution < -0.4 is 9.47 Å². The summed E-state index contributed by atoms with van der Waals surface area (Å²) in [5, 5.41) is 10.5. The number of rotatable bonds is 7. The highest BCUT2D eigenvalue weighted by Crippen LogP contribution is 2.45. The van der Waals surface area contributed by atoms with Crippen LogP contribution in [0.4, 0.5) is 0 Å². The Bertz CT molecular complexity index is 630. The van der Waals surface area contributed by atoms with E-state index in [0.717, 1.165) is 49.5 Å². The van der Waals surface area contributed by atoms with Gasteiger partial charge in [0.25, 0.3) is 0 Å². The Kier molecular flexibility index (Phi) is 6.25. The molecule has 1 aromatic carbocycles. The van der Waals surface area contributed by atoms with Crippen molar-refractivity contribution in [3.8, 4) is 11.5 Å². The van der Waals surface area contributed by atoms with Crippen LogP contribution in [0.5, 0.6) is 11.5 Å². The van der Waals surface area contributed by atoms with Gasteiger partial charge >= 0.3 is 0 Å². The minimum atomic E-state index is -0.123. The molecule has 1 heterocycles. The Morgan fingerprint density at radius 3 is 2.77 bits per heavy atom. The lowest BCUT2D eigenvalue weighted by atomic mass is 9.76. The third-order valence-electron chi connectivity index (χ3n) is 5.73. The maximum atomic E-state index is 10.5. The second-order valence-electron chi connectivity index (χ2n) is 8.04. The molecule has 1 saturated carbocycles. The number of aliphatic hydroxyl groups is 1. The van der Waals surface area contributed by atoms with E-state index in [1.54, 1.807) is 0 Å². The molecule has 26 heavy (non-hydrogen) atoms. The molecule has 0 amide bonds. The number of ether oxygens (including phenoxy) is 2. The van der Waals surface area contributed by atoms with Crippen LogP contribution in [0.1, 0.15) is 51.5 Å². The Labute approximate surface area is 157 Å². The second kappa shape index (κ2) is 8.45. The minimum Gasteiger partial charge on any atom is -0.490 e. The lowest BCUT2D eigenvalue weighted by Gasteiger charge is -2.42. The molecule has 0 unspecified atom stereocenters. The van der Waals surface area contributed by atoms with Gasteiger partial charge < -0.3 is 14.6 Å². The molecule has 4 heteroatoms. The molecular weight excluding hydrogens is 326 g/mol. The van der Waals surface area contributed by atoms with Crippen LogP contribution >= 0.6 is 0 Å². The van der Waals surface area contributed by atoms with Crippen molar-refractivity contribution in [2.24, 2.45) is 5.41 Å². The molecule has 2 fully saturated rings. The maximum Gasteiger partial charge on any atom is 0.161 e. The summed E-state index contributed by atoms with van der Waals surface area (Å²) in [6, 6.07) is 6.24. The summed E-state index contributed by atoms with van der Waals surface area (Å²) in [6.07, 6.45) is 5.53. The van der Waals surface area contributed by atoms with Gasteiger partial charge in [0, 0.05) is 18.5 Å². The number of hydrogen-bond acceptors (Lipinski definition) is 4. The van der Waals surface area contributed by atoms with Crippen LogP contribution in [0, 0.1) is 5.41 Å². The van der Waals surface area contributed by atoms with Gasteiger partial charge in [-0.1, -0.05) is 19.1 Å². The van der Waals surface area contributed by atoms with E-state index >= 15 is 0 Å². The van der Waals surface area contributed by atoms with Crippen molar-refractivity contribution < 1.29 is 14.6 Å². The molecular formula is C22H33NO3. The highest BCUT2D eigenvalue weighted by Gasteiger charge is 2.44. The van der Waals surface area contributed by atoms with E-state index in [4.69, 9.17) is 9.47 Å². The zero-order chi connectivity index (χ0) is 18.6. The van der Waals surface area contributed by atoms with Crippen LogP contribution in [-0.2, 0) is 6.54 Å². The summed E-state index contributed by atoms with van der Waals surface area (Å²) >= 11 is 0. The number of nitrogens with zero attached hydrogens (tertiary/aromatic N) is 1. The van der Waals surface area contributed by atoms with Crippen LogP contribution in [-0.4, -0.2) is 42.4 Å². The van der Waals surface area contributed by atoms with Crippen molar-refractivity contribution in [2.75, 3.05) is 26.3 Å². The van der Waals surface area contributed by atoms with Crippen LogP contribution in [0.3, 0.4) is 0 Å². The fourth-order valence-electron chi connectivity index (χ4n) is 4.49. The zero-order valence-corrected chi connectivity index (χ0v) is 16.3. The Balaban J connectivity index is 1.68. The van der Waals surface area contributed by atoms with Gasteiger partial charge in [0.05, 0.1) is 12.7 Å². The number of hydrogen-bond donors (Lipinski definition) is 1. The minimum absolute atomic E-state index is 0.123. The maximum absolute atomic E-state index is 10.5. The molecule has 1 N–H and O–H groups in total. The first-order valence-corrected chi connectivity index (χ1v) is 9.96. The van der Waals surface area contributed by atoms with E-state index < -0.39 is 0 Å². The lowest BCUT2D eigenvalue weighted by molar-refractivity contribution is -0.0120. The molecule has 144 valence electrons. The number of likely N-dealkylation sites (tertiary alicyclic amines) is 1. The molecule has 1 aromatic rings. The lowest BCUT2D eigenvalue weighted by Crippen LogP contribution is -2.46. The van der Waals surface area contributed by atoms with E-state index in [9.17, 15) is 5.11 Å². The molecule has 2 aliphatic rings. The van der Waals surface area contributed by atoms with Gasteiger partial charge in [0.1, 0.15) is 6.61 Å². The molecule has 0 aromatic heterocycles. The first-order valence-electron chi connectivity index (χ1n) is 9.96. The van der Waals surface area contributed by atoms with Gasteiger partial charge in [-0.15, -0.1) is 0 Å². The van der Waals surface area contributed by atoms with Gasteiger partial charge in [-0.3, -0.25) is 4.90 Å². The third-order valence-corrected chi connectivity index (χ3v) is 5.73. The van der Waals surface area contributed by atoms with Crippen molar-refractivity contribution >= 4 is 0 Å². The fraction of sp³-hybridized carbons (Fsp3) is 0.636. The van der Waals surface area contributed by atoms with Crippen molar-refractivity contribution in [3.63, 3.8) is 0 Å². The number of aliphatic hydroxyl groups excluding tert-OH is 1. The molecule has 1 saturated heterocycles. The van der Waals surface area contributed by atoms with E-state index in [1.807, 2.05) is 19.9 Å². The molecule has 4 nitrogen and oxygen atoms in total. The average Bonchev–Trinajstić information content (AvgIpc) is 2.94. The molecule has 2 atom stereocenters. The fourth-order valence-corrected chi connectivity index (χ4v) is 4.49. The highest BCUT2D eigenvalue weighted by molar-refractivity contribution is 5.43. The van der Waals surface area contributed by atoms with Crippen molar-refractivity contribution in [1.29, 1.82) is 0 Å². The molecule has 1 aliphatic carbocycles. The Morgan fingerprint density at radius 2 is 2.08 bits per heavy atom. The largest absolute Gasteiger partial charge is 0.490 e. The highest BCUT2D eigenvalue weighted by atomic mass is 16.5. The van der Waals surface area contributed by atoms with Gasteiger partial charge in [-0.25, -0.2) is 0 Å². The summed E-state index contributed by atoms with van der Waals surface area (Å²) in [6.45, 7) is 12.0. The molecule has 0 bridgehead atoms. The van der Waals surface area contributed by atoms with Crippen molar-refractivity contribution in [3.05, 3.63) is 35.9 Å². The summed E-state index contributed by atoms with van der Waals surface area (Å²) in [7, 11) is 0. The van der Waals surface area contributed by atoms with E-state index in [2.05, 4.69) is 23.6 Å². The third kappa shape index (κ3) is 4.41. The first kappa shape index (κ1) is 19.2. The smallest absolute Gasteiger partial charge is 0.161 e. The second-order valence-corrected chi connectivity index (χ2v) is 8.04. The summed E-state index contributed by atoms with van der Waals surface area (Å²) in [5.74, 6) is 1.58. The van der Waals surface area contributed by atoms with Crippen LogP contribution in [0.25, 0.3) is 0 Å². The quantitative estimate of drug-likeness (QED) is 0.742. The Morgan fingerprint density at radius 1 is 1.27 bits per heavy atom. The summed E-state index contributed by atoms with van der Waals surface area (Å²) in [4.78, 5) is 2.50. The SMILES string of the molecule is C=C(C)COc1ccc(CN2CCC[C@]3(CCC[C@H]3O)C2)cc1OCC. The van der Waals surface area contributed by atoms with E-state index in [0.29, 0.717) is 13.2 Å². The summed E-state index contributed by atoms with van der Waals surface area (Å²) in [5.41, 5.74) is 2.36. The molecule has 1 aliphatic heterocycles. The summed E-state index contributed by atoms with van der Waals surface area (Å²) < 4.78 is 11.6. The van der Waals surface area contributed by atoms with Gasteiger partial charge in [0.15, 0.2) is 11.5 Å². The monoisotopic (exact) mass is 359 g/mol. The standard InChI is InChI=1S/C22H33NO3/c1-4-25-20-13-18(8-9-19(20)26-15-17(2)3)14-23-12-6-11-22(16-23)10-5-7-21(22)24/h8-9,13,21,24H,2,4-7,10-12,14-16H2,1,3H3/t21-,22-/m1/s1. The topological polar surface area (TPSA) is 41.9 Å². The predicted octanol–water partition coefficient (Wildman–Crippen LogP) is 4.17. The molecule has 3 rings (SSSR count). The van der Waals surface area contributed by atoms with E-state index in [1.165, 1.54) is 24.8 Å². The van der Waals surface area contributed by atoms with Crippen LogP contribution in [0.15, 0.2) is 30.4 Å². The number of piperidine rings is 1. The Hall–Kier alpha value is -1.52.